The molecule has 0 amide bonds. The first-order chi connectivity index (χ1) is 10.8. The highest BCUT2D eigenvalue weighted by molar-refractivity contribution is 7.89. The fourth-order valence-electron chi connectivity index (χ4n) is 2.17. The Labute approximate surface area is 135 Å². The number of hydrogen-bond acceptors (Lipinski definition) is 5. The number of pyridine rings is 1. The second-order valence-corrected chi connectivity index (χ2v) is 7.20. The number of methoxy groups -OCH3 is 1. The lowest BCUT2D eigenvalue weighted by Crippen LogP contribution is -2.27. The van der Waals surface area contributed by atoms with Crippen LogP contribution in [-0.2, 0) is 16.4 Å². The molecule has 0 aliphatic rings. The first kappa shape index (κ1) is 16.9. The molecule has 0 saturated heterocycles. The van der Waals surface area contributed by atoms with Gasteiger partial charge in [0.1, 0.15) is 11.8 Å². The van der Waals surface area contributed by atoms with Crippen LogP contribution in [0.2, 0.25) is 0 Å². The van der Waals surface area contributed by atoms with Crippen molar-refractivity contribution >= 4 is 10.0 Å². The third-order valence-corrected chi connectivity index (χ3v) is 4.82. The third-order valence-electron chi connectivity index (χ3n) is 3.53. The molecule has 2 N–H and O–H groups in total. The van der Waals surface area contributed by atoms with Crippen LogP contribution < -0.4 is 9.88 Å². The Morgan fingerprint density at radius 1 is 1.30 bits per heavy atom. The second kappa shape index (κ2) is 6.77. The van der Waals surface area contributed by atoms with Gasteiger partial charge < -0.3 is 4.74 Å². The molecule has 1 aromatic carbocycles. The van der Waals surface area contributed by atoms with Crippen molar-refractivity contribution in [3.8, 4) is 22.9 Å². The van der Waals surface area contributed by atoms with Crippen molar-refractivity contribution < 1.29 is 13.2 Å². The molecule has 0 saturated carbocycles. The summed E-state index contributed by atoms with van der Waals surface area (Å²) in [4.78, 5) is 4.15. The van der Waals surface area contributed by atoms with Gasteiger partial charge in [0.05, 0.1) is 17.9 Å². The molecule has 0 fully saturated rings. The van der Waals surface area contributed by atoms with E-state index in [9.17, 15) is 8.42 Å². The van der Waals surface area contributed by atoms with Crippen LogP contribution in [0.5, 0.6) is 5.75 Å². The predicted octanol–water partition coefficient (Wildman–Crippen LogP) is 1.85. The SMILES string of the molecule is COc1cc(-c2cncc(CC(C)S(N)(=O)=O)c2)ccc1C#N. The van der Waals surface area contributed by atoms with Gasteiger partial charge in [0, 0.05) is 18.0 Å². The van der Waals surface area contributed by atoms with Crippen LogP contribution in [0.15, 0.2) is 36.7 Å². The fraction of sp³-hybridized carbons (Fsp3) is 0.250. The van der Waals surface area contributed by atoms with Crippen LogP contribution >= 0.6 is 0 Å². The molecule has 23 heavy (non-hydrogen) atoms. The number of nitriles is 1. The molecule has 7 heteroatoms. The van der Waals surface area contributed by atoms with E-state index in [-0.39, 0.29) is 6.42 Å². The van der Waals surface area contributed by atoms with Gasteiger partial charge in [-0.15, -0.1) is 0 Å². The highest BCUT2D eigenvalue weighted by atomic mass is 32.2. The second-order valence-electron chi connectivity index (χ2n) is 5.21. The minimum atomic E-state index is -3.58. The van der Waals surface area contributed by atoms with Crippen LogP contribution in [0.3, 0.4) is 0 Å². The summed E-state index contributed by atoms with van der Waals surface area (Å²) in [5.74, 6) is 0.480. The number of rotatable bonds is 5. The summed E-state index contributed by atoms with van der Waals surface area (Å²) in [6.07, 6.45) is 3.57. The lowest BCUT2D eigenvalue weighted by molar-refractivity contribution is 0.413. The summed E-state index contributed by atoms with van der Waals surface area (Å²) in [6.45, 7) is 1.56. The molecule has 1 unspecified atom stereocenters. The Morgan fingerprint density at radius 3 is 2.65 bits per heavy atom. The number of hydrogen-bond donors (Lipinski definition) is 1. The Balaban J connectivity index is 2.35. The van der Waals surface area contributed by atoms with Gasteiger partial charge in [0.2, 0.25) is 10.0 Å². The topological polar surface area (TPSA) is 106 Å². The van der Waals surface area contributed by atoms with Crippen molar-refractivity contribution in [3.63, 3.8) is 0 Å². The summed E-state index contributed by atoms with van der Waals surface area (Å²) >= 11 is 0. The summed E-state index contributed by atoms with van der Waals surface area (Å²) < 4.78 is 27.9. The van der Waals surface area contributed by atoms with Gasteiger partial charge in [-0.1, -0.05) is 6.07 Å². The van der Waals surface area contributed by atoms with Crippen LogP contribution in [0.25, 0.3) is 11.1 Å². The van der Waals surface area contributed by atoms with Gasteiger partial charge in [0.15, 0.2) is 0 Å². The summed E-state index contributed by atoms with van der Waals surface area (Å²) in [5.41, 5.74) is 2.86. The van der Waals surface area contributed by atoms with Gasteiger partial charge in [0.25, 0.3) is 0 Å². The minimum Gasteiger partial charge on any atom is -0.495 e. The molecule has 2 rings (SSSR count). The zero-order valence-electron chi connectivity index (χ0n) is 12.9. The molecular formula is C16H17N3O3S. The predicted molar refractivity (Wildman–Crippen MR) is 87.2 cm³/mol. The molecule has 0 radical (unpaired) electrons. The third kappa shape index (κ3) is 4.06. The van der Waals surface area contributed by atoms with Crippen molar-refractivity contribution in [3.05, 3.63) is 47.8 Å². The summed E-state index contributed by atoms with van der Waals surface area (Å²) in [6, 6.07) is 9.14. The maximum absolute atomic E-state index is 11.4. The molecule has 1 heterocycles. The quantitative estimate of drug-likeness (QED) is 0.900. The van der Waals surface area contributed by atoms with Crippen LogP contribution in [0.4, 0.5) is 0 Å². The molecule has 0 aliphatic heterocycles. The largest absolute Gasteiger partial charge is 0.495 e. The standard InChI is InChI=1S/C16H17N3O3S/c1-11(23(18,20)21)5-12-6-15(10-19-9-12)13-3-4-14(8-17)16(7-13)22-2/h3-4,6-7,9-11H,5H2,1-2H3,(H2,18,20,21). The molecule has 0 spiro atoms. The number of nitrogens with two attached hydrogens (primary N) is 1. The number of nitrogens with zero attached hydrogens (tertiary/aromatic N) is 2. The van der Waals surface area contributed by atoms with Gasteiger partial charge in [-0.25, -0.2) is 13.6 Å². The Kier molecular flexibility index (Phi) is 4.98. The first-order valence-corrected chi connectivity index (χ1v) is 8.50. The average Bonchev–Trinajstić information content (AvgIpc) is 2.53. The zero-order valence-corrected chi connectivity index (χ0v) is 13.7. The molecule has 1 atom stereocenters. The Hall–Kier alpha value is -2.43. The van der Waals surface area contributed by atoms with E-state index in [1.807, 2.05) is 6.07 Å². The van der Waals surface area contributed by atoms with Gasteiger partial charge in [-0.3, -0.25) is 4.98 Å². The van der Waals surface area contributed by atoms with Crippen LogP contribution in [-0.4, -0.2) is 25.8 Å². The van der Waals surface area contributed by atoms with Crippen LogP contribution in [0.1, 0.15) is 18.1 Å². The molecule has 0 aliphatic carbocycles. The number of benzene rings is 1. The highest BCUT2D eigenvalue weighted by Gasteiger charge is 2.16. The molecule has 6 nitrogen and oxygen atoms in total. The molecule has 120 valence electrons. The molecular weight excluding hydrogens is 314 g/mol. The van der Waals surface area contributed by atoms with Crippen LogP contribution in [0, 0.1) is 11.3 Å². The normalized spacial score (nSPS) is 12.4. The summed E-state index contributed by atoms with van der Waals surface area (Å²) in [5, 5.41) is 13.5. The van der Waals surface area contributed by atoms with E-state index in [4.69, 9.17) is 15.1 Å². The first-order valence-electron chi connectivity index (χ1n) is 6.89. The van der Waals surface area contributed by atoms with Crippen molar-refractivity contribution in [1.82, 2.24) is 4.98 Å². The van der Waals surface area contributed by atoms with E-state index in [2.05, 4.69) is 11.1 Å². The minimum absolute atomic E-state index is 0.285. The van der Waals surface area contributed by atoms with E-state index < -0.39 is 15.3 Å². The monoisotopic (exact) mass is 331 g/mol. The number of ether oxygens (including phenoxy) is 1. The van der Waals surface area contributed by atoms with Crippen molar-refractivity contribution in [2.45, 2.75) is 18.6 Å². The maximum Gasteiger partial charge on any atom is 0.212 e. The lowest BCUT2D eigenvalue weighted by Gasteiger charge is -2.11. The van der Waals surface area contributed by atoms with Gasteiger partial charge in [-0.2, -0.15) is 5.26 Å². The number of sulfonamides is 1. The average molecular weight is 331 g/mol. The van der Waals surface area contributed by atoms with E-state index >= 15 is 0 Å². The Morgan fingerprint density at radius 2 is 2.04 bits per heavy atom. The van der Waals surface area contributed by atoms with E-state index in [1.165, 1.54) is 7.11 Å². The van der Waals surface area contributed by atoms with E-state index in [1.54, 1.807) is 37.5 Å². The fourth-order valence-corrected chi connectivity index (χ4v) is 2.59. The maximum atomic E-state index is 11.4. The van der Waals surface area contributed by atoms with Crippen molar-refractivity contribution in [2.75, 3.05) is 7.11 Å². The zero-order chi connectivity index (χ0) is 17.0. The van der Waals surface area contributed by atoms with E-state index in [0.29, 0.717) is 11.3 Å². The lowest BCUT2D eigenvalue weighted by atomic mass is 10.0. The highest BCUT2D eigenvalue weighted by Crippen LogP contribution is 2.27. The molecule has 2 aromatic rings. The smallest absolute Gasteiger partial charge is 0.212 e. The number of primary sulfonamides is 1. The van der Waals surface area contributed by atoms with Crippen molar-refractivity contribution in [2.24, 2.45) is 5.14 Å². The molecule has 1 aromatic heterocycles. The van der Waals surface area contributed by atoms with Gasteiger partial charge in [-0.05, 0) is 42.7 Å². The summed E-state index contributed by atoms with van der Waals surface area (Å²) in [7, 11) is -2.08. The van der Waals surface area contributed by atoms with Crippen molar-refractivity contribution in [1.29, 1.82) is 5.26 Å². The van der Waals surface area contributed by atoms with Gasteiger partial charge >= 0.3 is 0 Å². The number of aromatic nitrogens is 1. The van der Waals surface area contributed by atoms with E-state index in [0.717, 1.165) is 16.7 Å². The molecule has 0 bridgehead atoms. The Bertz CT molecular complexity index is 857.